The van der Waals surface area contributed by atoms with Crippen molar-refractivity contribution in [1.82, 2.24) is 0 Å². The number of carboxylic acids is 1. The molecule has 13 heavy (non-hydrogen) atoms. The van der Waals surface area contributed by atoms with E-state index in [0.29, 0.717) is 10.2 Å². The van der Waals surface area contributed by atoms with E-state index in [-0.39, 0.29) is 10.6 Å². The van der Waals surface area contributed by atoms with Gasteiger partial charge in [0.15, 0.2) is 0 Å². The summed E-state index contributed by atoms with van der Waals surface area (Å²) in [4.78, 5) is 10.7. The Morgan fingerprint density at radius 1 is 1.62 bits per heavy atom. The summed E-state index contributed by atoms with van der Waals surface area (Å²) in [5.74, 6) is -0.627. The van der Waals surface area contributed by atoms with Crippen molar-refractivity contribution < 1.29 is 14.6 Å². The molecule has 0 spiro atoms. The molecule has 0 radical (unpaired) electrons. The van der Waals surface area contributed by atoms with Crippen molar-refractivity contribution in [3.05, 3.63) is 27.2 Å². The molecule has 0 bridgehead atoms. The van der Waals surface area contributed by atoms with Crippen LogP contribution in [0.1, 0.15) is 10.4 Å². The van der Waals surface area contributed by atoms with E-state index in [4.69, 9.17) is 21.4 Å². The number of halogens is 2. The molecule has 1 rings (SSSR count). The van der Waals surface area contributed by atoms with Crippen LogP contribution in [0.15, 0.2) is 16.6 Å². The van der Waals surface area contributed by atoms with Gasteiger partial charge in [0.05, 0.1) is 17.7 Å². The van der Waals surface area contributed by atoms with Crippen LogP contribution in [-0.2, 0) is 0 Å². The van der Waals surface area contributed by atoms with Gasteiger partial charge in [-0.3, -0.25) is 0 Å². The molecule has 0 fully saturated rings. The molecule has 0 amide bonds. The van der Waals surface area contributed by atoms with Gasteiger partial charge >= 0.3 is 5.97 Å². The van der Waals surface area contributed by atoms with E-state index in [1.165, 1.54) is 13.2 Å². The van der Waals surface area contributed by atoms with Gasteiger partial charge in [0.2, 0.25) is 0 Å². The molecular formula is C8H6BrClO3. The van der Waals surface area contributed by atoms with Crippen LogP contribution in [0.3, 0.4) is 0 Å². The van der Waals surface area contributed by atoms with Crippen molar-refractivity contribution >= 4 is 33.5 Å². The molecule has 0 aliphatic carbocycles. The highest BCUT2D eigenvalue weighted by molar-refractivity contribution is 9.10. The van der Waals surface area contributed by atoms with Crippen molar-refractivity contribution in [3.8, 4) is 5.75 Å². The minimum Gasteiger partial charge on any atom is -0.497 e. The van der Waals surface area contributed by atoms with Crippen LogP contribution < -0.4 is 4.74 Å². The zero-order chi connectivity index (χ0) is 10.0. The third-order valence-corrected chi connectivity index (χ3v) is 2.73. The van der Waals surface area contributed by atoms with E-state index in [1.807, 2.05) is 0 Å². The van der Waals surface area contributed by atoms with Gasteiger partial charge in [-0.25, -0.2) is 4.79 Å². The predicted octanol–water partition coefficient (Wildman–Crippen LogP) is 2.81. The number of benzene rings is 1. The normalized spacial score (nSPS) is 9.77. The van der Waals surface area contributed by atoms with E-state index in [0.717, 1.165) is 0 Å². The number of rotatable bonds is 2. The van der Waals surface area contributed by atoms with E-state index in [9.17, 15) is 4.79 Å². The zero-order valence-corrected chi connectivity index (χ0v) is 9.02. The summed E-state index contributed by atoms with van der Waals surface area (Å²) >= 11 is 8.86. The number of ether oxygens (including phenoxy) is 1. The van der Waals surface area contributed by atoms with E-state index in [1.54, 1.807) is 6.07 Å². The first kappa shape index (κ1) is 10.3. The molecule has 1 aromatic carbocycles. The second-order valence-corrected chi connectivity index (χ2v) is 3.51. The molecule has 0 saturated carbocycles. The van der Waals surface area contributed by atoms with Crippen molar-refractivity contribution in [2.45, 2.75) is 0 Å². The molecule has 3 nitrogen and oxygen atoms in total. The Morgan fingerprint density at radius 3 is 2.69 bits per heavy atom. The Kier molecular flexibility index (Phi) is 3.17. The van der Waals surface area contributed by atoms with Crippen LogP contribution in [0, 0.1) is 0 Å². The van der Waals surface area contributed by atoms with Crippen LogP contribution in [0.4, 0.5) is 0 Å². The third-order valence-electron chi connectivity index (χ3n) is 1.47. The minimum atomic E-state index is -1.08. The lowest BCUT2D eigenvalue weighted by Gasteiger charge is -2.05. The standard InChI is InChI=1S/C8H6BrClO3/c1-13-4-2-5(8(11)12)7(10)6(9)3-4/h2-3H,1H3,(H,11,12). The minimum absolute atomic E-state index is 0.0212. The molecule has 0 aliphatic heterocycles. The highest BCUT2D eigenvalue weighted by Crippen LogP contribution is 2.31. The molecule has 0 aromatic heterocycles. The summed E-state index contributed by atoms with van der Waals surface area (Å²) in [5, 5.41) is 8.92. The molecule has 1 N–H and O–H groups in total. The van der Waals surface area contributed by atoms with E-state index < -0.39 is 5.97 Å². The Balaban J connectivity index is 3.33. The van der Waals surface area contributed by atoms with Gasteiger partial charge < -0.3 is 9.84 Å². The van der Waals surface area contributed by atoms with E-state index >= 15 is 0 Å². The Bertz CT molecular complexity index is 351. The quantitative estimate of drug-likeness (QED) is 0.894. The molecule has 0 aliphatic rings. The van der Waals surface area contributed by atoms with Crippen molar-refractivity contribution in [3.63, 3.8) is 0 Å². The van der Waals surface area contributed by atoms with Gasteiger partial charge in [-0.2, -0.15) is 0 Å². The molecule has 0 saturated heterocycles. The first-order valence-electron chi connectivity index (χ1n) is 3.32. The fourth-order valence-electron chi connectivity index (χ4n) is 0.838. The monoisotopic (exact) mass is 264 g/mol. The SMILES string of the molecule is COc1cc(Br)c(Cl)c(C(=O)O)c1. The number of methoxy groups -OCH3 is 1. The predicted molar refractivity (Wildman–Crippen MR) is 52.7 cm³/mol. The van der Waals surface area contributed by atoms with Crippen LogP contribution in [0.5, 0.6) is 5.75 Å². The lowest BCUT2D eigenvalue weighted by atomic mass is 10.2. The third kappa shape index (κ3) is 2.14. The summed E-state index contributed by atoms with van der Waals surface area (Å²) in [6.07, 6.45) is 0. The van der Waals surface area contributed by atoms with Crippen molar-refractivity contribution in [2.75, 3.05) is 7.11 Å². The summed E-state index contributed by atoms with van der Waals surface area (Å²) < 4.78 is 5.39. The lowest BCUT2D eigenvalue weighted by molar-refractivity contribution is 0.0696. The molecule has 0 heterocycles. The van der Waals surface area contributed by atoms with Crippen LogP contribution in [0.25, 0.3) is 0 Å². The Labute approximate surface area is 88.4 Å². The maximum absolute atomic E-state index is 10.7. The van der Waals surface area contributed by atoms with Gasteiger partial charge in [0.25, 0.3) is 0 Å². The van der Waals surface area contributed by atoms with Gasteiger partial charge in [-0.05, 0) is 28.1 Å². The van der Waals surface area contributed by atoms with Crippen LogP contribution in [-0.4, -0.2) is 18.2 Å². The molecule has 5 heteroatoms. The Morgan fingerprint density at radius 2 is 2.23 bits per heavy atom. The number of aromatic carboxylic acids is 1. The summed E-state index contributed by atoms with van der Waals surface area (Å²) in [7, 11) is 1.46. The van der Waals surface area contributed by atoms with Gasteiger partial charge in [-0.1, -0.05) is 11.6 Å². The fourth-order valence-corrected chi connectivity index (χ4v) is 1.47. The average molecular weight is 265 g/mol. The molecule has 0 atom stereocenters. The maximum atomic E-state index is 10.7. The average Bonchev–Trinajstić information content (AvgIpc) is 2.09. The first-order valence-corrected chi connectivity index (χ1v) is 4.49. The maximum Gasteiger partial charge on any atom is 0.337 e. The largest absolute Gasteiger partial charge is 0.497 e. The smallest absolute Gasteiger partial charge is 0.337 e. The molecule has 0 unspecified atom stereocenters. The van der Waals surface area contributed by atoms with Crippen LogP contribution >= 0.6 is 27.5 Å². The van der Waals surface area contributed by atoms with Crippen LogP contribution in [0.2, 0.25) is 5.02 Å². The van der Waals surface area contributed by atoms with Crippen molar-refractivity contribution in [1.29, 1.82) is 0 Å². The molecule has 1 aromatic rings. The zero-order valence-electron chi connectivity index (χ0n) is 6.67. The van der Waals surface area contributed by atoms with E-state index in [2.05, 4.69) is 15.9 Å². The second kappa shape index (κ2) is 3.98. The number of carbonyl (C=O) groups is 1. The van der Waals surface area contributed by atoms with Gasteiger partial charge in [-0.15, -0.1) is 0 Å². The first-order chi connectivity index (χ1) is 6.06. The number of carboxylic acid groups (broad SMARTS) is 1. The molecule has 70 valence electrons. The van der Waals surface area contributed by atoms with Crippen molar-refractivity contribution in [2.24, 2.45) is 0 Å². The number of hydrogen-bond donors (Lipinski definition) is 1. The fraction of sp³-hybridized carbons (Fsp3) is 0.125. The van der Waals surface area contributed by atoms with Gasteiger partial charge in [0, 0.05) is 4.47 Å². The highest BCUT2D eigenvalue weighted by Gasteiger charge is 2.13. The summed E-state index contributed by atoms with van der Waals surface area (Å²) in [5.41, 5.74) is 0.0212. The summed E-state index contributed by atoms with van der Waals surface area (Å²) in [6, 6.07) is 2.98. The lowest BCUT2D eigenvalue weighted by Crippen LogP contribution is -1.98. The summed E-state index contributed by atoms with van der Waals surface area (Å²) in [6.45, 7) is 0. The molecular weight excluding hydrogens is 259 g/mol. The highest BCUT2D eigenvalue weighted by atomic mass is 79.9. The Hall–Kier alpha value is -0.740. The number of hydrogen-bond acceptors (Lipinski definition) is 2. The van der Waals surface area contributed by atoms with Gasteiger partial charge in [0.1, 0.15) is 5.75 Å². The topological polar surface area (TPSA) is 46.5 Å². The second-order valence-electron chi connectivity index (χ2n) is 2.28.